The summed E-state index contributed by atoms with van der Waals surface area (Å²) in [5, 5.41) is 14.8. The fraction of sp³-hybridized carbons (Fsp3) is 0.0164. The first-order valence-electron chi connectivity index (χ1n) is 22.4. The maximum absolute atomic E-state index is 6.21. The molecule has 0 radical (unpaired) electrons. The lowest BCUT2D eigenvalue weighted by Gasteiger charge is -2.08. The van der Waals surface area contributed by atoms with Crippen molar-refractivity contribution in [1.82, 2.24) is 19.5 Å². The first-order valence-corrected chi connectivity index (χ1v) is 23.2. The molecule has 16 rings (SSSR count). The second-order valence-electron chi connectivity index (χ2n) is 17.2. The molecule has 0 aliphatic carbocycles. The molecule has 16 aromatic rings. The Balaban J connectivity index is 0.000000111. The summed E-state index contributed by atoms with van der Waals surface area (Å²) in [4.78, 5) is 10.8. The molecule has 0 saturated carbocycles. The molecule has 0 aliphatic rings. The minimum atomic E-state index is 0. The molecule has 0 spiro atoms. The largest absolute Gasteiger partial charge is 0.456 e. The van der Waals surface area contributed by atoms with Crippen LogP contribution in [-0.2, 0) is 0 Å². The number of nitrogens with zero attached hydrogens (tertiary/aromatic N) is 1. The highest BCUT2D eigenvalue weighted by Crippen LogP contribution is 2.41. The first kappa shape index (κ1) is 39.8. The second kappa shape index (κ2) is 15.5. The van der Waals surface area contributed by atoms with Gasteiger partial charge >= 0.3 is 0 Å². The molecule has 68 heavy (non-hydrogen) atoms. The normalized spacial score (nSPS) is 11.8. The Bertz CT molecular complexity index is 4610. The van der Waals surface area contributed by atoms with Crippen molar-refractivity contribution >= 4 is 147 Å². The van der Waals surface area contributed by atoms with Gasteiger partial charge in [-0.05, 0) is 78.9 Å². The smallest absolute Gasteiger partial charge is 0.137 e. The lowest BCUT2D eigenvalue weighted by atomic mass is 10.1. The Hall–Kier alpha value is -8.52. The number of hydrogen-bond donors (Lipinski definition) is 3. The van der Waals surface area contributed by atoms with Crippen LogP contribution in [-0.4, -0.2) is 19.5 Å². The number of halogens is 1. The third-order valence-electron chi connectivity index (χ3n) is 13.4. The van der Waals surface area contributed by atoms with E-state index in [0.29, 0.717) is 0 Å². The van der Waals surface area contributed by atoms with Crippen LogP contribution in [0.4, 0.5) is 0 Å². The van der Waals surface area contributed by atoms with Crippen molar-refractivity contribution in [3.8, 4) is 5.69 Å². The molecule has 0 fully saturated rings. The van der Waals surface area contributed by atoms with Crippen LogP contribution in [0.5, 0.6) is 0 Å². The zero-order valence-electron chi connectivity index (χ0n) is 35.8. The Morgan fingerprint density at radius 3 is 1.46 bits per heavy atom. The standard InChI is InChI=1S/C30H18N2O.C18H12N2.C12H7BrO.CH4/c1-4-10-24-19(7-1)22-15-16-26-29(30(22)31-24)23-9-2-5-11-25(23)32(26)18-13-14-21-20-8-3-6-12-27(20)33-28(21)17-18;1-3-7-14-11(5-1)12-9-10-16-17(18(12)20-14)13-6-2-4-8-15(13)19-16;13-8-5-6-10-9-3-1-2-4-11(9)14-12(10)7-8;/h1-17,31H;1-10,19-20H;1-7H;1H4. The summed E-state index contributed by atoms with van der Waals surface area (Å²) in [5.41, 5.74) is 14.3. The number of aromatic nitrogens is 4. The molecule has 0 atom stereocenters. The summed E-state index contributed by atoms with van der Waals surface area (Å²) in [7, 11) is 0. The van der Waals surface area contributed by atoms with Gasteiger partial charge in [-0.1, -0.05) is 145 Å². The first-order chi connectivity index (χ1) is 33.1. The molecule has 0 amide bonds. The lowest BCUT2D eigenvalue weighted by molar-refractivity contribution is 0.668. The molecule has 7 heteroatoms. The van der Waals surface area contributed by atoms with Crippen LogP contribution < -0.4 is 0 Å². The molecular weight excluding hydrogens is 901 g/mol. The molecule has 0 aliphatic heterocycles. The lowest BCUT2D eigenvalue weighted by Crippen LogP contribution is -1.93. The van der Waals surface area contributed by atoms with Crippen LogP contribution in [0.15, 0.2) is 220 Å². The molecule has 324 valence electrons. The summed E-state index contributed by atoms with van der Waals surface area (Å²) in [6.45, 7) is 0. The predicted octanol–water partition coefficient (Wildman–Crippen LogP) is 18.3. The maximum Gasteiger partial charge on any atom is 0.137 e. The monoisotopic (exact) mass is 940 g/mol. The second-order valence-corrected chi connectivity index (χ2v) is 18.1. The Morgan fingerprint density at radius 1 is 0.324 bits per heavy atom. The average Bonchev–Trinajstić information content (AvgIpc) is 4.23. The predicted molar refractivity (Wildman–Crippen MR) is 291 cm³/mol. The van der Waals surface area contributed by atoms with E-state index >= 15 is 0 Å². The van der Waals surface area contributed by atoms with Crippen molar-refractivity contribution in [2.75, 3.05) is 0 Å². The van der Waals surface area contributed by atoms with E-state index in [0.717, 1.165) is 43.3 Å². The van der Waals surface area contributed by atoms with Gasteiger partial charge in [-0.15, -0.1) is 0 Å². The van der Waals surface area contributed by atoms with Gasteiger partial charge in [0, 0.05) is 103 Å². The molecule has 0 saturated heterocycles. The van der Waals surface area contributed by atoms with E-state index in [1.807, 2.05) is 42.5 Å². The maximum atomic E-state index is 6.21. The average molecular weight is 942 g/mol. The summed E-state index contributed by atoms with van der Waals surface area (Å²) in [6, 6.07) is 72.0. The van der Waals surface area contributed by atoms with E-state index in [-0.39, 0.29) is 7.43 Å². The van der Waals surface area contributed by atoms with E-state index in [2.05, 4.69) is 199 Å². The van der Waals surface area contributed by atoms with Crippen molar-refractivity contribution in [3.63, 3.8) is 0 Å². The minimum absolute atomic E-state index is 0. The summed E-state index contributed by atoms with van der Waals surface area (Å²) in [6.07, 6.45) is 0. The molecule has 10 aromatic carbocycles. The molecular formula is C61H41BrN4O2. The topological polar surface area (TPSA) is 78.6 Å². The van der Waals surface area contributed by atoms with Crippen LogP contribution in [0.25, 0.3) is 137 Å². The van der Waals surface area contributed by atoms with Crippen LogP contribution in [0, 0.1) is 0 Å². The number of aromatic amines is 3. The number of furan rings is 2. The zero-order valence-corrected chi connectivity index (χ0v) is 37.4. The van der Waals surface area contributed by atoms with Crippen molar-refractivity contribution in [3.05, 3.63) is 211 Å². The van der Waals surface area contributed by atoms with Gasteiger partial charge in [-0.2, -0.15) is 0 Å². The van der Waals surface area contributed by atoms with Gasteiger partial charge < -0.3 is 28.4 Å². The highest BCUT2D eigenvalue weighted by atomic mass is 79.9. The minimum Gasteiger partial charge on any atom is -0.456 e. The van der Waals surface area contributed by atoms with E-state index in [1.54, 1.807) is 0 Å². The fourth-order valence-corrected chi connectivity index (χ4v) is 10.8. The van der Waals surface area contributed by atoms with Gasteiger partial charge in [0.2, 0.25) is 0 Å². The van der Waals surface area contributed by atoms with E-state index in [9.17, 15) is 0 Å². The molecule has 6 heterocycles. The van der Waals surface area contributed by atoms with Gasteiger partial charge in [-0.3, -0.25) is 0 Å². The number of hydrogen-bond acceptors (Lipinski definition) is 2. The van der Waals surface area contributed by atoms with Gasteiger partial charge in [0.1, 0.15) is 22.3 Å². The van der Waals surface area contributed by atoms with Crippen LogP contribution in [0.2, 0.25) is 0 Å². The highest BCUT2D eigenvalue weighted by molar-refractivity contribution is 9.10. The summed E-state index contributed by atoms with van der Waals surface area (Å²) >= 11 is 3.43. The third kappa shape index (κ3) is 6.09. The van der Waals surface area contributed by atoms with E-state index < -0.39 is 0 Å². The Morgan fingerprint density at radius 2 is 0.794 bits per heavy atom. The quantitative estimate of drug-likeness (QED) is 0.153. The highest BCUT2D eigenvalue weighted by Gasteiger charge is 2.18. The van der Waals surface area contributed by atoms with Gasteiger partial charge in [-0.25, -0.2) is 0 Å². The van der Waals surface area contributed by atoms with Crippen molar-refractivity contribution in [1.29, 1.82) is 0 Å². The van der Waals surface area contributed by atoms with Crippen molar-refractivity contribution < 1.29 is 8.83 Å². The van der Waals surface area contributed by atoms with Crippen molar-refractivity contribution in [2.45, 2.75) is 7.43 Å². The van der Waals surface area contributed by atoms with Crippen molar-refractivity contribution in [2.24, 2.45) is 0 Å². The molecule has 6 nitrogen and oxygen atoms in total. The van der Waals surface area contributed by atoms with Gasteiger partial charge in [0.15, 0.2) is 0 Å². The Labute approximate surface area is 397 Å². The summed E-state index contributed by atoms with van der Waals surface area (Å²) < 4.78 is 15.3. The number of fused-ring (bicyclic) bond motifs is 20. The van der Waals surface area contributed by atoms with Gasteiger partial charge in [0.05, 0.1) is 22.1 Å². The number of benzene rings is 10. The molecule has 0 unspecified atom stereocenters. The van der Waals surface area contributed by atoms with Gasteiger partial charge in [0.25, 0.3) is 0 Å². The Kier molecular flexibility index (Phi) is 9.10. The number of H-pyrrole nitrogens is 3. The number of rotatable bonds is 1. The third-order valence-corrected chi connectivity index (χ3v) is 13.9. The number of para-hydroxylation sites is 6. The molecule has 0 bridgehead atoms. The van der Waals surface area contributed by atoms with E-state index in [4.69, 9.17) is 8.83 Å². The van der Waals surface area contributed by atoms with Crippen LogP contribution >= 0.6 is 15.9 Å². The van der Waals surface area contributed by atoms with E-state index in [1.165, 1.54) is 98.0 Å². The van der Waals surface area contributed by atoms with Crippen LogP contribution in [0.1, 0.15) is 7.43 Å². The number of nitrogens with one attached hydrogen (secondary N) is 3. The SMILES string of the molecule is Brc1ccc2c(c1)oc1ccccc12.C.c1ccc2c(c1)[nH]c1c2ccc2[nH]c3ccccc3c21.c1ccc2c(c1)[nH]c1c2ccc2c1c1ccccc1n2-c1ccc2c(c1)oc1ccccc12. The summed E-state index contributed by atoms with van der Waals surface area (Å²) in [5.74, 6) is 0. The fourth-order valence-electron chi connectivity index (χ4n) is 10.5. The zero-order chi connectivity index (χ0) is 44.2. The molecule has 3 N–H and O–H groups in total. The van der Waals surface area contributed by atoms with Crippen LogP contribution in [0.3, 0.4) is 0 Å². The molecule has 6 aromatic heterocycles.